The van der Waals surface area contributed by atoms with E-state index in [-0.39, 0.29) is 0 Å². The number of hydrogen-bond donors (Lipinski definition) is 2. The maximum absolute atomic E-state index is 12.0. The normalized spacial score (nSPS) is 23.5. The second-order valence-corrected chi connectivity index (χ2v) is 7.74. The first kappa shape index (κ1) is 17.9. The Morgan fingerprint density at radius 3 is 2.91 bits per heavy atom. The average Bonchev–Trinajstić information content (AvgIpc) is 2.98. The molecule has 0 aliphatic heterocycles. The second kappa shape index (κ2) is 9.00. The highest BCUT2D eigenvalue weighted by Gasteiger charge is 2.26. The summed E-state index contributed by atoms with van der Waals surface area (Å²) in [6.45, 7) is 6.95. The number of nitrogens with zero attached hydrogens (tertiary/aromatic N) is 3. The van der Waals surface area contributed by atoms with Crippen LogP contribution >= 0.6 is 0 Å². The van der Waals surface area contributed by atoms with Gasteiger partial charge in [0, 0.05) is 34.4 Å². The highest BCUT2D eigenvalue weighted by molar-refractivity contribution is 7.85. The number of nitrogens with one attached hydrogen (secondary N) is 2. The van der Waals surface area contributed by atoms with E-state index < -0.39 is 10.8 Å². The number of guanidine groups is 1. The molecule has 7 nitrogen and oxygen atoms in total. The van der Waals surface area contributed by atoms with Crippen molar-refractivity contribution in [2.75, 3.05) is 12.3 Å². The summed E-state index contributed by atoms with van der Waals surface area (Å²) in [4.78, 5) is 8.66. The Morgan fingerprint density at radius 2 is 2.26 bits per heavy atom. The van der Waals surface area contributed by atoms with E-state index in [1.165, 1.54) is 0 Å². The van der Waals surface area contributed by atoms with Gasteiger partial charge in [-0.3, -0.25) is 4.21 Å². The molecule has 130 valence electrons. The molecule has 8 heteroatoms. The van der Waals surface area contributed by atoms with Gasteiger partial charge in [-0.05, 0) is 33.1 Å². The van der Waals surface area contributed by atoms with Crippen molar-refractivity contribution in [1.82, 2.24) is 20.8 Å². The minimum Gasteiger partial charge on any atom is -0.357 e. The molecule has 1 heterocycles. The van der Waals surface area contributed by atoms with Gasteiger partial charge in [0.15, 0.2) is 11.8 Å². The maximum atomic E-state index is 12.0. The lowest BCUT2D eigenvalue weighted by Gasteiger charge is -2.30. The molecule has 0 amide bonds. The zero-order chi connectivity index (χ0) is 16.7. The molecule has 0 spiro atoms. The van der Waals surface area contributed by atoms with Gasteiger partial charge < -0.3 is 15.2 Å². The van der Waals surface area contributed by atoms with Gasteiger partial charge in [0.25, 0.3) is 0 Å². The number of aryl methyl sites for hydroxylation is 1. The van der Waals surface area contributed by atoms with E-state index in [0.29, 0.717) is 29.6 Å². The standard InChI is InChI=1S/C15H27N5O2S/c1-4-16-15(17-10-14-18-11(3)20-22-14)19-12-7-6-8-13(9-12)23(21)5-2/h12-13H,4-10H2,1-3H3,(H2,16,17,19). The van der Waals surface area contributed by atoms with Crippen molar-refractivity contribution in [3.8, 4) is 0 Å². The fraction of sp³-hybridized carbons (Fsp3) is 0.800. The molecule has 1 aliphatic rings. The van der Waals surface area contributed by atoms with Crippen molar-refractivity contribution < 1.29 is 8.73 Å². The van der Waals surface area contributed by atoms with Gasteiger partial charge in [-0.15, -0.1) is 0 Å². The number of rotatable bonds is 6. The third kappa shape index (κ3) is 5.60. The van der Waals surface area contributed by atoms with Crippen LogP contribution in [0.2, 0.25) is 0 Å². The van der Waals surface area contributed by atoms with Crippen molar-refractivity contribution in [2.24, 2.45) is 4.99 Å². The highest BCUT2D eigenvalue weighted by Crippen LogP contribution is 2.23. The number of aromatic nitrogens is 2. The van der Waals surface area contributed by atoms with Crippen molar-refractivity contribution in [3.63, 3.8) is 0 Å². The summed E-state index contributed by atoms with van der Waals surface area (Å²) in [5, 5.41) is 10.8. The number of hydrogen-bond acceptors (Lipinski definition) is 5. The van der Waals surface area contributed by atoms with Crippen LogP contribution in [0.3, 0.4) is 0 Å². The Hall–Kier alpha value is -1.44. The van der Waals surface area contributed by atoms with Crippen LogP contribution in [0, 0.1) is 6.92 Å². The molecular formula is C15H27N5O2S. The molecule has 0 aromatic carbocycles. The van der Waals surface area contributed by atoms with E-state index in [2.05, 4.69) is 25.8 Å². The van der Waals surface area contributed by atoms with Gasteiger partial charge >= 0.3 is 0 Å². The quantitative estimate of drug-likeness (QED) is 0.602. The molecule has 23 heavy (non-hydrogen) atoms. The SMILES string of the molecule is CCNC(=NCc1nc(C)no1)NC1CCCC(S(=O)CC)C1. The van der Waals surface area contributed by atoms with Gasteiger partial charge in [0.2, 0.25) is 5.89 Å². The van der Waals surface area contributed by atoms with Crippen LogP contribution in [-0.4, -0.2) is 43.9 Å². The third-order valence-electron chi connectivity index (χ3n) is 3.91. The van der Waals surface area contributed by atoms with Crippen LogP contribution in [0.1, 0.15) is 51.2 Å². The monoisotopic (exact) mass is 341 g/mol. The highest BCUT2D eigenvalue weighted by atomic mass is 32.2. The first-order chi connectivity index (χ1) is 11.1. The predicted octanol–water partition coefficient (Wildman–Crippen LogP) is 1.51. The van der Waals surface area contributed by atoms with Crippen molar-refractivity contribution in [2.45, 2.75) is 64.3 Å². The van der Waals surface area contributed by atoms with E-state index >= 15 is 0 Å². The van der Waals surface area contributed by atoms with Crippen LogP contribution < -0.4 is 10.6 Å². The summed E-state index contributed by atoms with van der Waals surface area (Å²) in [6.07, 6.45) is 4.19. The minimum absolute atomic E-state index is 0.299. The summed E-state index contributed by atoms with van der Waals surface area (Å²) >= 11 is 0. The first-order valence-electron chi connectivity index (χ1n) is 8.33. The lowest BCUT2D eigenvalue weighted by atomic mass is 9.95. The Bertz CT molecular complexity index is 546. The van der Waals surface area contributed by atoms with Crippen molar-refractivity contribution in [3.05, 3.63) is 11.7 Å². The molecule has 0 radical (unpaired) electrons. The molecule has 2 rings (SSSR count). The van der Waals surface area contributed by atoms with Crippen LogP contribution in [0.5, 0.6) is 0 Å². The van der Waals surface area contributed by atoms with Crippen LogP contribution in [0.15, 0.2) is 9.52 Å². The fourth-order valence-corrected chi connectivity index (χ4v) is 4.16. The molecule has 1 saturated carbocycles. The van der Waals surface area contributed by atoms with Gasteiger partial charge in [0.05, 0.1) is 0 Å². The van der Waals surface area contributed by atoms with Gasteiger partial charge in [-0.1, -0.05) is 18.5 Å². The van der Waals surface area contributed by atoms with Crippen LogP contribution in [0.25, 0.3) is 0 Å². The molecule has 0 saturated heterocycles. The zero-order valence-electron chi connectivity index (χ0n) is 14.2. The van der Waals surface area contributed by atoms with Gasteiger partial charge in [-0.25, -0.2) is 4.99 Å². The largest absolute Gasteiger partial charge is 0.357 e. The second-order valence-electron chi connectivity index (χ2n) is 5.73. The predicted molar refractivity (Wildman–Crippen MR) is 91.7 cm³/mol. The Labute approximate surface area is 140 Å². The van der Waals surface area contributed by atoms with Crippen LogP contribution in [-0.2, 0) is 17.3 Å². The molecule has 1 fully saturated rings. The number of aliphatic imine (C=N–C) groups is 1. The molecule has 0 bridgehead atoms. The average molecular weight is 341 g/mol. The van der Waals surface area contributed by atoms with Crippen molar-refractivity contribution in [1.29, 1.82) is 0 Å². The summed E-state index contributed by atoms with van der Waals surface area (Å²) in [5.41, 5.74) is 0. The molecule has 1 aromatic rings. The third-order valence-corrected chi connectivity index (χ3v) is 5.65. The Kier molecular flexibility index (Phi) is 7.01. The van der Waals surface area contributed by atoms with E-state index in [0.717, 1.165) is 43.9 Å². The van der Waals surface area contributed by atoms with Crippen LogP contribution in [0.4, 0.5) is 0 Å². The van der Waals surface area contributed by atoms with E-state index in [9.17, 15) is 4.21 Å². The molecular weight excluding hydrogens is 314 g/mol. The Morgan fingerprint density at radius 1 is 1.43 bits per heavy atom. The molecule has 3 unspecified atom stereocenters. The lowest BCUT2D eigenvalue weighted by molar-refractivity contribution is 0.375. The smallest absolute Gasteiger partial charge is 0.248 e. The topological polar surface area (TPSA) is 92.4 Å². The summed E-state index contributed by atoms with van der Waals surface area (Å²) < 4.78 is 17.1. The summed E-state index contributed by atoms with van der Waals surface area (Å²) in [7, 11) is -0.717. The molecule has 2 N–H and O–H groups in total. The van der Waals surface area contributed by atoms with E-state index in [1.54, 1.807) is 6.92 Å². The minimum atomic E-state index is -0.717. The Balaban J connectivity index is 1.93. The van der Waals surface area contributed by atoms with E-state index in [1.807, 2.05) is 13.8 Å². The lowest BCUT2D eigenvalue weighted by Crippen LogP contribution is -2.46. The summed E-state index contributed by atoms with van der Waals surface area (Å²) in [5.74, 6) is 2.61. The first-order valence-corrected chi connectivity index (χ1v) is 9.71. The molecule has 1 aromatic heterocycles. The molecule has 3 atom stereocenters. The van der Waals surface area contributed by atoms with Gasteiger partial charge in [0.1, 0.15) is 6.54 Å². The van der Waals surface area contributed by atoms with Crippen molar-refractivity contribution >= 4 is 16.8 Å². The zero-order valence-corrected chi connectivity index (χ0v) is 15.0. The molecule has 1 aliphatic carbocycles. The van der Waals surface area contributed by atoms with E-state index in [4.69, 9.17) is 4.52 Å². The summed E-state index contributed by atoms with van der Waals surface area (Å²) in [6, 6.07) is 0.312. The van der Waals surface area contributed by atoms with Gasteiger partial charge in [-0.2, -0.15) is 4.98 Å². The fourth-order valence-electron chi connectivity index (χ4n) is 2.81. The maximum Gasteiger partial charge on any atom is 0.248 e.